The molecule has 0 atom stereocenters. The minimum absolute atomic E-state index is 0. The van der Waals surface area contributed by atoms with Crippen LogP contribution in [0.25, 0.3) is 16.4 Å². The molecule has 3 aromatic rings. The number of nitrogens with zero attached hydrogens (tertiary/aromatic N) is 3. The zero-order valence-corrected chi connectivity index (χ0v) is 10.7. The SMILES string of the molecule is N#Cc1c[c-]c2c(ccn3ccnc23)c1F.[Pt]. The van der Waals surface area contributed by atoms with Gasteiger partial charge >= 0.3 is 0 Å². The van der Waals surface area contributed by atoms with Gasteiger partial charge in [-0.2, -0.15) is 0 Å². The van der Waals surface area contributed by atoms with E-state index < -0.39 is 5.82 Å². The average molecular weight is 405 g/mol. The molecule has 0 fully saturated rings. The van der Waals surface area contributed by atoms with Crippen LogP contribution in [0.3, 0.4) is 0 Å². The third-order valence-corrected chi connectivity index (χ3v) is 2.52. The first kappa shape index (κ1) is 11.8. The second-order valence-corrected chi connectivity index (χ2v) is 3.39. The van der Waals surface area contributed by atoms with Gasteiger partial charge in [0.2, 0.25) is 0 Å². The van der Waals surface area contributed by atoms with Crippen LogP contribution >= 0.6 is 0 Å². The predicted octanol–water partition coefficient (Wildman–Crippen LogP) is 2.30. The fourth-order valence-corrected chi connectivity index (χ4v) is 1.74. The summed E-state index contributed by atoms with van der Waals surface area (Å²) in [5.41, 5.74) is 0.643. The second kappa shape index (κ2) is 4.27. The maximum atomic E-state index is 13.8. The predicted molar refractivity (Wildman–Crippen MR) is 56.2 cm³/mol. The zero-order chi connectivity index (χ0) is 11.1. The molecule has 0 amide bonds. The molecule has 2 aromatic heterocycles. The van der Waals surface area contributed by atoms with Crippen molar-refractivity contribution in [3.8, 4) is 6.07 Å². The molecule has 0 spiro atoms. The Labute approximate surface area is 111 Å². The molecule has 0 radical (unpaired) electrons. The van der Waals surface area contributed by atoms with Crippen molar-refractivity contribution in [2.24, 2.45) is 0 Å². The van der Waals surface area contributed by atoms with Crippen LogP contribution in [0.4, 0.5) is 4.39 Å². The van der Waals surface area contributed by atoms with Gasteiger partial charge in [0.15, 0.2) is 0 Å². The Morgan fingerprint density at radius 1 is 1.41 bits per heavy atom. The van der Waals surface area contributed by atoms with Crippen molar-refractivity contribution in [1.29, 1.82) is 5.26 Å². The van der Waals surface area contributed by atoms with Crippen LogP contribution in [0.5, 0.6) is 0 Å². The zero-order valence-electron chi connectivity index (χ0n) is 8.42. The van der Waals surface area contributed by atoms with Gasteiger partial charge in [0.1, 0.15) is 0 Å². The van der Waals surface area contributed by atoms with Crippen molar-refractivity contribution < 1.29 is 25.5 Å². The molecule has 0 bridgehead atoms. The minimum atomic E-state index is -0.512. The van der Waals surface area contributed by atoms with E-state index in [1.807, 2.05) is 0 Å². The summed E-state index contributed by atoms with van der Waals surface area (Å²) in [6.45, 7) is 0. The number of halogens is 1. The Bertz CT molecular complexity index is 742. The molecule has 3 nitrogen and oxygen atoms in total. The topological polar surface area (TPSA) is 41.1 Å². The van der Waals surface area contributed by atoms with Crippen LogP contribution in [-0.4, -0.2) is 9.38 Å². The van der Waals surface area contributed by atoms with Gasteiger partial charge in [-0.1, -0.05) is 16.8 Å². The number of rotatable bonds is 0. The molecule has 1 aromatic carbocycles. The van der Waals surface area contributed by atoms with Gasteiger partial charge in [-0.05, 0) is 6.20 Å². The van der Waals surface area contributed by atoms with Crippen molar-refractivity contribution in [1.82, 2.24) is 9.38 Å². The maximum absolute atomic E-state index is 13.8. The van der Waals surface area contributed by atoms with Crippen LogP contribution < -0.4 is 0 Å². The van der Waals surface area contributed by atoms with E-state index in [0.717, 1.165) is 0 Å². The van der Waals surface area contributed by atoms with E-state index in [9.17, 15) is 4.39 Å². The molecule has 2 heterocycles. The number of fused-ring (bicyclic) bond motifs is 3. The summed E-state index contributed by atoms with van der Waals surface area (Å²) >= 11 is 0. The summed E-state index contributed by atoms with van der Waals surface area (Å²) in [6, 6.07) is 7.67. The molecule has 0 unspecified atom stereocenters. The number of aromatic nitrogens is 2. The van der Waals surface area contributed by atoms with Gasteiger partial charge in [-0.25, -0.2) is 9.65 Å². The maximum Gasteiger partial charge on any atom is 0.0663 e. The van der Waals surface area contributed by atoms with E-state index in [4.69, 9.17) is 5.26 Å². The Morgan fingerprint density at radius 3 is 3.00 bits per heavy atom. The Morgan fingerprint density at radius 2 is 2.24 bits per heavy atom. The van der Waals surface area contributed by atoms with E-state index in [1.165, 1.54) is 6.07 Å². The first-order valence-corrected chi connectivity index (χ1v) is 4.67. The molecule has 0 aliphatic rings. The van der Waals surface area contributed by atoms with E-state index >= 15 is 0 Å². The third kappa shape index (κ3) is 1.64. The third-order valence-electron chi connectivity index (χ3n) is 2.52. The molecule has 3 rings (SSSR count). The number of imidazole rings is 1. The molecule has 0 aliphatic carbocycles. The van der Waals surface area contributed by atoms with Crippen molar-refractivity contribution in [2.45, 2.75) is 0 Å². The summed E-state index contributed by atoms with van der Waals surface area (Å²) < 4.78 is 15.6. The van der Waals surface area contributed by atoms with Crippen molar-refractivity contribution >= 4 is 16.4 Å². The summed E-state index contributed by atoms with van der Waals surface area (Å²) in [5.74, 6) is -0.512. The average Bonchev–Trinajstić information content (AvgIpc) is 2.77. The molecule has 0 aliphatic heterocycles. The molecule has 0 saturated carbocycles. The summed E-state index contributed by atoms with van der Waals surface area (Å²) in [6.07, 6.45) is 5.13. The van der Waals surface area contributed by atoms with Crippen LogP contribution in [0.2, 0.25) is 0 Å². The smallest absolute Gasteiger partial charge is 0.0663 e. The van der Waals surface area contributed by atoms with Crippen LogP contribution in [-0.2, 0) is 21.1 Å². The summed E-state index contributed by atoms with van der Waals surface area (Å²) in [4.78, 5) is 4.13. The molecule has 17 heavy (non-hydrogen) atoms. The minimum Gasteiger partial charge on any atom is -0.347 e. The first-order chi connectivity index (χ1) is 7.81. The summed E-state index contributed by atoms with van der Waals surface area (Å²) in [7, 11) is 0. The standard InChI is InChI=1S/C12H5FN3.Pt/c13-11-8(7-14)1-2-10-9(11)3-5-16-6-4-15-12(10)16;/h1,3-6H;/q-1;. The number of hydrogen-bond acceptors (Lipinski definition) is 2. The van der Waals surface area contributed by atoms with E-state index in [1.54, 1.807) is 35.1 Å². The molecule has 0 saturated heterocycles. The van der Waals surface area contributed by atoms with E-state index in [0.29, 0.717) is 16.4 Å². The van der Waals surface area contributed by atoms with E-state index in [2.05, 4.69) is 11.1 Å². The molecular weight excluding hydrogens is 400 g/mol. The van der Waals surface area contributed by atoms with Gasteiger partial charge in [0, 0.05) is 39.0 Å². The fraction of sp³-hybridized carbons (Fsp3) is 0. The number of nitriles is 1. The quantitative estimate of drug-likeness (QED) is 0.539. The normalized spacial score (nSPS) is 10.1. The van der Waals surface area contributed by atoms with Gasteiger partial charge in [-0.15, -0.1) is 12.1 Å². The van der Waals surface area contributed by atoms with Gasteiger partial charge in [0.25, 0.3) is 0 Å². The number of pyridine rings is 1. The van der Waals surface area contributed by atoms with Gasteiger partial charge in [0.05, 0.1) is 17.5 Å². The molecular formula is C12H5FN3Pt-. The monoisotopic (exact) mass is 405 g/mol. The largest absolute Gasteiger partial charge is 0.347 e. The van der Waals surface area contributed by atoms with Gasteiger partial charge in [-0.3, -0.25) is 4.98 Å². The number of hydrogen-bond donors (Lipinski definition) is 0. The van der Waals surface area contributed by atoms with Crippen molar-refractivity contribution in [3.63, 3.8) is 0 Å². The molecule has 86 valence electrons. The fourth-order valence-electron chi connectivity index (χ4n) is 1.74. The Balaban J connectivity index is 0.00000108. The first-order valence-electron chi connectivity index (χ1n) is 4.67. The van der Waals surface area contributed by atoms with Crippen LogP contribution in [0.1, 0.15) is 5.56 Å². The molecule has 0 N–H and O–H groups in total. The van der Waals surface area contributed by atoms with Crippen LogP contribution in [0, 0.1) is 23.2 Å². The number of benzene rings is 1. The Hall–Kier alpha value is -1.72. The second-order valence-electron chi connectivity index (χ2n) is 3.39. The summed E-state index contributed by atoms with van der Waals surface area (Å²) in [5, 5.41) is 9.68. The molecule has 5 heteroatoms. The van der Waals surface area contributed by atoms with E-state index in [-0.39, 0.29) is 26.6 Å². The Kier molecular flexibility index (Phi) is 2.95. The van der Waals surface area contributed by atoms with Gasteiger partial charge < -0.3 is 4.40 Å². The van der Waals surface area contributed by atoms with Crippen LogP contribution in [0.15, 0.2) is 30.7 Å². The van der Waals surface area contributed by atoms with Crippen molar-refractivity contribution in [2.75, 3.05) is 0 Å². The van der Waals surface area contributed by atoms with Crippen molar-refractivity contribution in [3.05, 3.63) is 48.2 Å².